The van der Waals surface area contributed by atoms with Crippen molar-refractivity contribution in [3.05, 3.63) is 59.2 Å². The lowest BCUT2D eigenvalue weighted by molar-refractivity contribution is 0.102. The average molecular weight is 311 g/mol. The highest BCUT2D eigenvalue weighted by Crippen LogP contribution is 2.23. The van der Waals surface area contributed by atoms with Gasteiger partial charge in [-0.15, -0.1) is 0 Å². The van der Waals surface area contributed by atoms with Crippen molar-refractivity contribution in [1.82, 2.24) is 0 Å². The molecule has 0 saturated heterocycles. The second-order valence-electron chi connectivity index (χ2n) is 5.74. The van der Waals surface area contributed by atoms with Crippen LogP contribution in [0.25, 0.3) is 0 Å². The number of ether oxygens (including phenoxy) is 1. The third-order valence-electron chi connectivity index (χ3n) is 4.08. The van der Waals surface area contributed by atoms with E-state index >= 15 is 0 Å². The Labute approximate surface area is 136 Å². The molecule has 2 aromatic rings. The molecule has 2 aromatic carbocycles. The van der Waals surface area contributed by atoms with Gasteiger partial charge in [-0.25, -0.2) is 0 Å². The molecule has 0 bridgehead atoms. The second kappa shape index (κ2) is 7.29. The summed E-state index contributed by atoms with van der Waals surface area (Å²) in [7, 11) is 0. The smallest absolute Gasteiger partial charge is 0.255 e. The number of benzene rings is 2. The van der Waals surface area contributed by atoms with Gasteiger partial charge in [0, 0.05) is 11.3 Å². The van der Waals surface area contributed by atoms with Gasteiger partial charge in [0.05, 0.1) is 6.61 Å². The van der Waals surface area contributed by atoms with Gasteiger partial charge in [-0.05, 0) is 73.2 Å². The van der Waals surface area contributed by atoms with Crippen LogP contribution >= 0.6 is 0 Å². The van der Waals surface area contributed by atoms with E-state index in [1.165, 1.54) is 24.0 Å². The Morgan fingerprint density at radius 2 is 1.78 bits per heavy atom. The zero-order chi connectivity index (χ0) is 16.1. The first-order valence-corrected chi connectivity index (χ1v) is 8.03. The minimum atomic E-state index is -0.0950. The summed E-state index contributed by atoms with van der Waals surface area (Å²) in [5.41, 5.74) is 4.10. The van der Waals surface area contributed by atoms with Crippen LogP contribution < -0.4 is 10.1 Å². The van der Waals surface area contributed by atoms with Crippen molar-refractivity contribution in [1.29, 1.82) is 0 Å². The molecule has 0 spiro atoms. The largest absolute Gasteiger partial charge is 0.491 e. The first-order chi connectivity index (χ1) is 11.3. The summed E-state index contributed by atoms with van der Waals surface area (Å²) in [4.78, 5) is 12.4. The molecule has 0 fully saturated rings. The Balaban J connectivity index is 1.66. The molecule has 0 atom stereocenters. The summed E-state index contributed by atoms with van der Waals surface area (Å²) in [6.07, 6.45) is 4.62. The molecule has 1 aliphatic carbocycles. The number of rotatable bonds is 5. The highest BCUT2D eigenvalue weighted by Gasteiger charge is 2.13. The summed E-state index contributed by atoms with van der Waals surface area (Å²) >= 11 is 0. The van der Waals surface area contributed by atoms with E-state index in [-0.39, 0.29) is 19.1 Å². The summed E-state index contributed by atoms with van der Waals surface area (Å²) in [6, 6.07) is 13.1. The van der Waals surface area contributed by atoms with Gasteiger partial charge in [-0.2, -0.15) is 0 Å². The minimum absolute atomic E-state index is 0.0170. The molecule has 0 aromatic heterocycles. The molecule has 0 unspecified atom stereocenters. The molecular weight excluding hydrogens is 290 g/mol. The van der Waals surface area contributed by atoms with Gasteiger partial charge < -0.3 is 15.2 Å². The molecule has 4 nitrogen and oxygen atoms in total. The van der Waals surface area contributed by atoms with Crippen molar-refractivity contribution in [2.24, 2.45) is 0 Å². The van der Waals surface area contributed by atoms with E-state index in [1.54, 1.807) is 24.3 Å². The highest BCUT2D eigenvalue weighted by molar-refractivity contribution is 6.04. The van der Waals surface area contributed by atoms with Gasteiger partial charge >= 0.3 is 0 Å². The number of aryl methyl sites for hydroxylation is 2. The Morgan fingerprint density at radius 3 is 2.52 bits per heavy atom. The molecule has 1 amide bonds. The Morgan fingerprint density at radius 1 is 1.04 bits per heavy atom. The molecule has 1 aliphatic rings. The van der Waals surface area contributed by atoms with E-state index in [2.05, 4.69) is 11.4 Å². The first kappa shape index (κ1) is 15.6. The fourth-order valence-electron chi connectivity index (χ4n) is 2.88. The fraction of sp³-hybridized carbons (Fsp3) is 0.316. The molecule has 3 rings (SSSR count). The Hall–Kier alpha value is -2.33. The predicted octanol–water partition coefficient (Wildman–Crippen LogP) is 3.19. The number of amides is 1. The van der Waals surface area contributed by atoms with Crippen LogP contribution in [0.15, 0.2) is 42.5 Å². The van der Waals surface area contributed by atoms with Crippen LogP contribution in [0.1, 0.15) is 34.3 Å². The normalized spacial score (nSPS) is 13.3. The lowest BCUT2D eigenvalue weighted by Gasteiger charge is -2.16. The first-order valence-electron chi connectivity index (χ1n) is 8.03. The van der Waals surface area contributed by atoms with Crippen molar-refractivity contribution >= 4 is 11.6 Å². The lowest BCUT2D eigenvalue weighted by atomic mass is 9.90. The molecule has 0 heterocycles. The van der Waals surface area contributed by atoms with Crippen LogP contribution in [0.4, 0.5) is 5.69 Å². The van der Waals surface area contributed by atoms with E-state index in [0.29, 0.717) is 11.3 Å². The molecule has 120 valence electrons. The number of carbonyl (C=O) groups excluding carboxylic acids is 1. The molecule has 23 heavy (non-hydrogen) atoms. The van der Waals surface area contributed by atoms with Crippen molar-refractivity contribution in [2.45, 2.75) is 25.7 Å². The quantitative estimate of drug-likeness (QED) is 0.891. The van der Waals surface area contributed by atoms with Crippen LogP contribution in [0.2, 0.25) is 0 Å². The molecule has 4 heteroatoms. The maximum Gasteiger partial charge on any atom is 0.255 e. The number of nitrogens with one attached hydrogen (secondary N) is 1. The van der Waals surface area contributed by atoms with Crippen LogP contribution in [0.5, 0.6) is 5.75 Å². The second-order valence-corrected chi connectivity index (χ2v) is 5.74. The topological polar surface area (TPSA) is 58.6 Å². The molecule has 0 radical (unpaired) electrons. The van der Waals surface area contributed by atoms with Crippen molar-refractivity contribution in [2.75, 3.05) is 18.5 Å². The minimum Gasteiger partial charge on any atom is -0.491 e. The third-order valence-corrected chi connectivity index (χ3v) is 4.08. The van der Waals surface area contributed by atoms with E-state index in [0.717, 1.165) is 18.5 Å². The van der Waals surface area contributed by atoms with Crippen LogP contribution in [-0.2, 0) is 12.8 Å². The zero-order valence-electron chi connectivity index (χ0n) is 13.0. The SMILES string of the molecule is O=C(Nc1ccc(OCCO)cc1)c1ccc2c(c1)CCCC2. The number of fused-ring (bicyclic) bond motifs is 1. The van der Waals surface area contributed by atoms with Crippen LogP contribution in [-0.4, -0.2) is 24.2 Å². The summed E-state index contributed by atoms with van der Waals surface area (Å²) in [6.45, 7) is 0.248. The van der Waals surface area contributed by atoms with Gasteiger partial charge in [-0.3, -0.25) is 4.79 Å². The van der Waals surface area contributed by atoms with E-state index in [9.17, 15) is 4.79 Å². The third kappa shape index (κ3) is 3.90. The molecule has 0 aliphatic heterocycles. The maximum atomic E-state index is 12.4. The molecule has 2 N–H and O–H groups in total. The standard InChI is InChI=1S/C19H21NO3/c21-11-12-23-18-9-7-17(8-10-18)20-19(22)16-6-5-14-3-1-2-4-15(14)13-16/h5-10,13,21H,1-4,11-12H2,(H,20,22). The number of anilines is 1. The predicted molar refractivity (Wildman–Crippen MR) is 90.1 cm³/mol. The van der Waals surface area contributed by atoms with Crippen molar-refractivity contribution in [3.8, 4) is 5.75 Å². The van der Waals surface area contributed by atoms with E-state index in [4.69, 9.17) is 9.84 Å². The number of aliphatic hydroxyl groups is 1. The van der Waals surface area contributed by atoms with Crippen molar-refractivity contribution < 1.29 is 14.6 Å². The Bertz CT molecular complexity index is 680. The summed E-state index contributed by atoms with van der Waals surface area (Å²) in [5, 5.41) is 11.6. The summed E-state index contributed by atoms with van der Waals surface area (Å²) < 4.78 is 5.30. The number of hydrogen-bond donors (Lipinski definition) is 2. The van der Waals surface area contributed by atoms with Gasteiger partial charge in [0.2, 0.25) is 0 Å². The summed E-state index contributed by atoms with van der Waals surface area (Å²) in [5.74, 6) is 0.577. The fourth-order valence-corrected chi connectivity index (χ4v) is 2.88. The van der Waals surface area contributed by atoms with Gasteiger partial charge in [0.15, 0.2) is 0 Å². The van der Waals surface area contributed by atoms with Gasteiger partial charge in [0.1, 0.15) is 12.4 Å². The Kier molecular flexibility index (Phi) is 4.93. The monoisotopic (exact) mass is 311 g/mol. The van der Waals surface area contributed by atoms with Crippen LogP contribution in [0, 0.1) is 0 Å². The van der Waals surface area contributed by atoms with Gasteiger partial charge in [0.25, 0.3) is 5.91 Å². The number of carbonyl (C=O) groups is 1. The number of aliphatic hydroxyl groups excluding tert-OH is 1. The van der Waals surface area contributed by atoms with E-state index in [1.807, 2.05) is 12.1 Å². The zero-order valence-corrected chi connectivity index (χ0v) is 13.0. The average Bonchev–Trinajstić information content (AvgIpc) is 2.60. The van der Waals surface area contributed by atoms with E-state index < -0.39 is 0 Å². The molecular formula is C19H21NO3. The van der Waals surface area contributed by atoms with Crippen LogP contribution in [0.3, 0.4) is 0 Å². The van der Waals surface area contributed by atoms with Gasteiger partial charge in [-0.1, -0.05) is 6.07 Å². The number of hydrogen-bond acceptors (Lipinski definition) is 3. The highest BCUT2D eigenvalue weighted by atomic mass is 16.5. The lowest BCUT2D eigenvalue weighted by Crippen LogP contribution is -2.13. The maximum absolute atomic E-state index is 12.4. The van der Waals surface area contributed by atoms with Crippen molar-refractivity contribution in [3.63, 3.8) is 0 Å². The molecule has 0 saturated carbocycles.